The van der Waals surface area contributed by atoms with E-state index in [1.165, 1.54) is 5.30 Å². The van der Waals surface area contributed by atoms with Crippen molar-refractivity contribution in [1.82, 2.24) is 0 Å². The zero-order chi connectivity index (χ0) is 5.11. The van der Waals surface area contributed by atoms with Gasteiger partial charge in [0.25, 0.3) is 0 Å². The molecule has 0 aliphatic heterocycles. The molecule has 0 fully saturated rings. The van der Waals surface area contributed by atoms with Crippen LogP contribution >= 0.6 is 9.24 Å². The molecule has 1 rings (SSSR count). The fourth-order valence-electron chi connectivity index (χ4n) is 0.453. The van der Waals surface area contributed by atoms with Crippen LogP contribution in [0.3, 0.4) is 0 Å². The van der Waals surface area contributed by atoms with Crippen LogP contribution in [0.15, 0.2) is 30.3 Å². The van der Waals surface area contributed by atoms with Crippen LogP contribution < -0.4 is 5.30 Å². The number of hydrogen-bond donors (Lipinski definition) is 0. The van der Waals surface area contributed by atoms with Gasteiger partial charge in [0.05, 0.1) is 0 Å². The SMILES string of the molecule is Pc1ccccc1.[LiH].[LiH]. The van der Waals surface area contributed by atoms with Crippen molar-refractivity contribution in [3.63, 3.8) is 0 Å². The molecule has 1 aromatic rings. The standard InChI is InChI=1S/C6H7P.2Li.2H/c7-6-4-2-1-3-5-6;;;;/h1-5H,7H2;;;;. The molecule has 1 unspecified atom stereocenters. The van der Waals surface area contributed by atoms with Crippen molar-refractivity contribution in [2.24, 2.45) is 0 Å². The first kappa shape index (κ1) is 12.5. The third-order valence-corrected chi connectivity index (χ3v) is 1.18. The van der Waals surface area contributed by atoms with Crippen LogP contribution in [0.2, 0.25) is 0 Å². The molecule has 0 nitrogen and oxygen atoms in total. The van der Waals surface area contributed by atoms with E-state index < -0.39 is 0 Å². The third-order valence-electron chi connectivity index (χ3n) is 0.800. The van der Waals surface area contributed by atoms with Gasteiger partial charge in [-0.05, 0) is 5.30 Å². The molecule has 0 saturated carbocycles. The molecule has 0 radical (unpaired) electrons. The molecule has 40 valence electrons. The Bertz CT molecular complexity index is 141. The van der Waals surface area contributed by atoms with Gasteiger partial charge in [0.1, 0.15) is 0 Å². The molecule has 9 heavy (non-hydrogen) atoms. The van der Waals surface area contributed by atoms with Gasteiger partial charge in [0, 0.05) is 0 Å². The van der Waals surface area contributed by atoms with E-state index in [1.54, 1.807) is 0 Å². The first-order valence-corrected chi connectivity index (χ1v) is 2.78. The molecule has 0 amide bonds. The van der Waals surface area contributed by atoms with Crippen molar-refractivity contribution in [1.29, 1.82) is 0 Å². The second-order valence-electron chi connectivity index (χ2n) is 1.41. The van der Waals surface area contributed by atoms with E-state index in [-0.39, 0.29) is 37.7 Å². The van der Waals surface area contributed by atoms with Crippen LogP contribution in [0.25, 0.3) is 0 Å². The van der Waals surface area contributed by atoms with Crippen molar-refractivity contribution >= 4 is 52.3 Å². The summed E-state index contributed by atoms with van der Waals surface area (Å²) in [5.41, 5.74) is 0. The molecule has 3 heteroatoms. The van der Waals surface area contributed by atoms with Gasteiger partial charge in [0.2, 0.25) is 0 Å². The maximum atomic E-state index is 2.63. The summed E-state index contributed by atoms with van der Waals surface area (Å²) in [6, 6.07) is 10.1. The van der Waals surface area contributed by atoms with Gasteiger partial charge < -0.3 is 0 Å². The van der Waals surface area contributed by atoms with Gasteiger partial charge in [-0.25, -0.2) is 0 Å². The minimum absolute atomic E-state index is 0. The number of hydrogen-bond acceptors (Lipinski definition) is 0. The van der Waals surface area contributed by atoms with Crippen molar-refractivity contribution in [2.75, 3.05) is 0 Å². The van der Waals surface area contributed by atoms with Crippen molar-refractivity contribution in [3.8, 4) is 0 Å². The first-order chi connectivity index (χ1) is 3.39. The molecule has 0 bridgehead atoms. The second kappa shape index (κ2) is 6.96. The predicted octanol–water partition coefficient (Wildman–Crippen LogP) is -0.110. The Kier molecular flexibility index (Phi) is 9.68. The van der Waals surface area contributed by atoms with Crippen molar-refractivity contribution in [3.05, 3.63) is 30.3 Å². The summed E-state index contributed by atoms with van der Waals surface area (Å²) in [5.74, 6) is 0. The summed E-state index contributed by atoms with van der Waals surface area (Å²) < 4.78 is 0. The fraction of sp³-hybridized carbons (Fsp3) is 0. The van der Waals surface area contributed by atoms with E-state index in [9.17, 15) is 0 Å². The molecule has 0 aliphatic carbocycles. The fourth-order valence-corrected chi connectivity index (χ4v) is 0.675. The zero-order valence-electron chi connectivity index (χ0n) is 3.96. The molecule has 1 atom stereocenters. The van der Waals surface area contributed by atoms with Crippen LogP contribution in [0.1, 0.15) is 0 Å². The molecule has 0 aliphatic rings. The van der Waals surface area contributed by atoms with E-state index >= 15 is 0 Å². The van der Waals surface area contributed by atoms with Gasteiger partial charge in [-0.1, -0.05) is 30.3 Å². The van der Waals surface area contributed by atoms with E-state index in [1.807, 2.05) is 30.3 Å². The van der Waals surface area contributed by atoms with Gasteiger partial charge in [-0.15, -0.1) is 9.24 Å². The van der Waals surface area contributed by atoms with Gasteiger partial charge in [-0.2, -0.15) is 0 Å². The number of benzene rings is 1. The van der Waals surface area contributed by atoms with Crippen LogP contribution in [0.5, 0.6) is 0 Å². The average molecular weight is 126 g/mol. The molecular weight excluding hydrogens is 117 g/mol. The van der Waals surface area contributed by atoms with Gasteiger partial charge in [0.15, 0.2) is 0 Å². The Labute approximate surface area is 82.4 Å². The van der Waals surface area contributed by atoms with E-state index in [2.05, 4.69) is 9.24 Å². The van der Waals surface area contributed by atoms with Crippen LogP contribution in [-0.2, 0) is 0 Å². The molecular formula is C6H9Li2P. The van der Waals surface area contributed by atoms with Crippen molar-refractivity contribution in [2.45, 2.75) is 0 Å². The topological polar surface area (TPSA) is 0 Å². The molecule has 1 aromatic carbocycles. The van der Waals surface area contributed by atoms with Crippen LogP contribution in [-0.4, -0.2) is 37.7 Å². The Morgan fingerprint density at radius 3 is 1.56 bits per heavy atom. The molecule has 0 spiro atoms. The quantitative estimate of drug-likeness (QED) is 0.336. The summed E-state index contributed by atoms with van der Waals surface area (Å²) in [5, 5.41) is 1.24. The number of rotatable bonds is 0. The second-order valence-corrected chi connectivity index (χ2v) is 2.08. The third kappa shape index (κ3) is 5.30. The van der Waals surface area contributed by atoms with Crippen molar-refractivity contribution < 1.29 is 0 Å². The predicted molar refractivity (Wildman–Crippen MR) is 50.1 cm³/mol. The molecule has 0 heterocycles. The van der Waals surface area contributed by atoms with E-state index in [4.69, 9.17) is 0 Å². The molecule has 0 saturated heterocycles. The monoisotopic (exact) mass is 126 g/mol. The summed E-state index contributed by atoms with van der Waals surface area (Å²) >= 11 is 0. The summed E-state index contributed by atoms with van der Waals surface area (Å²) in [4.78, 5) is 0. The zero-order valence-corrected chi connectivity index (χ0v) is 5.12. The summed E-state index contributed by atoms with van der Waals surface area (Å²) in [6.45, 7) is 0. The Balaban J connectivity index is 0. The minimum atomic E-state index is 0. The normalized spacial score (nSPS) is 6.78. The Hall–Kier alpha value is 0.845. The van der Waals surface area contributed by atoms with Gasteiger partial charge in [-0.3, -0.25) is 0 Å². The van der Waals surface area contributed by atoms with Crippen LogP contribution in [0, 0.1) is 0 Å². The van der Waals surface area contributed by atoms with Gasteiger partial charge >= 0.3 is 37.7 Å². The van der Waals surface area contributed by atoms with E-state index in [0.717, 1.165) is 0 Å². The first-order valence-electron chi connectivity index (χ1n) is 2.20. The Morgan fingerprint density at radius 2 is 1.33 bits per heavy atom. The summed E-state index contributed by atoms with van der Waals surface area (Å²) in [7, 11) is 2.63. The average Bonchev–Trinajstić information content (AvgIpc) is 1.69. The Morgan fingerprint density at radius 1 is 0.889 bits per heavy atom. The van der Waals surface area contributed by atoms with Crippen LogP contribution in [0.4, 0.5) is 0 Å². The molecule has 0 N–H and O–H groups in total. The summed E-state index contributed by atoms with van der Waals surface area (Å²) in [6.07, 6.45) is 0. The molecule has 0 aromatic heterocycles. The van der Waals surface area contributed by atoms with E-state index in [0.29, 0.717) is 0 Å². The maximum absolute atomic E-state index is 2.63.